The smallest absolute Gasteiger partial charge is 0.336 e. The fourth-order valence-electron chi connectivity index (χ4n) is 3.10. The maximum absolute atomic E-state index is 12.1. The van der Waals surface area contributed by atoms with Gasteiger partial charge in [-0.05, 0) is 34.5 Å². The number of halogens is 1. The lowest BCUT2D eigenvalue weighted by molar-refractivity contribution is -0.138. The van der Waals surface area contributed by atoms with Crippen molar-refractivity contribution >= 4 is 45.4 Å². The van der Waals surface area contributed by atoms with Crippen LogP contribution < -0.4 is 5.63 Å². The topological polar surface area (TPSA) is 56.5 Å². The van der Waals surface area contributed by atoms with Crippen molar-refractivity contribution in [2.75, 3.05) is 0 Å². The molecule has 0 saturated carbocycles. The van der Waals surface area contributed by atoms with Gasteiger partial charge in [0.15, 0.2) is 0 Å². The van der Waals surface area contributed by atoms with Gasteiger partial charge in [0.05, 0.1) is 0 Å². The van der Waals surface area contributed by atoms with Crippen molar-refractivity contribution in [2.45, 2.75) is 6.61 Å². The Kier molecular flexibility index (Phi) is 4.96. The van der Waals surface area contributed by atoms with E-state index >= 15 is 0 Å². The monoisotopic (exact) mass is 390 g/mol. The second-order valence-corrected chi connectivity index (χ2v) is 6.62. The highest BCUT2D eigenvalue weighted by Gasteiger charge is 2.11. The molecule has 1 aromatic heterocycles. The molecule has 0 saturated heterocycles. The van der Waals surface area contributed by atoms with Crippen molar-refractivity contribution in [1.82, 2.24) is 0 Å². The Morgan fingerprint density at radius 3 is 2.68 bits per heavy atom. The van der Waals surface area contributed by atoms with Gasteiger partial charge in [0.1, 0.15) is 12.2 Å². The summed E-state index contributed by atoms with van der Waals surface area (Å²) in [5, 5.41) is 3.25. The molecule has 0 spiro atoms. The Balaban J connectivity index is 1.63. The van der Waals surface area contributed by atoms with E-state index in [-0.39, 0.29) is 6.61 Å². The van der Waals surface area contributed by atoms with E-state index in [1.54, 1.807) is 24.3 Å². The fraction of sp³-hybridized carbons (Fsp3) is 0.0435. The van der Waals surface area contributed by atoms with E-state index in [0.29, 0.717) is 16.2 Å². The van der Waals surface area contributed by atoms with Gasteiger partial charge in [-0.25, -0.2) is 9.59 Å². The van der Waals surface area contributed by atoms with E-state index < -0.39 is 11.6 Å². The van der Waals surface area contributed by atoms with Crippen LogP contribution in [0.3, 0.4) is 0 Å². The summed E-state index contributed by atoms with van der Waals surface area (Å²) >= 11 is 6.07. The van der Waals surface area contributed by atoms with E-state index in [2.05, 4.69) is 0 Å². The molecular weight excluding hydrogens is 376 g/mol. The molecule has 0 aliphatic carbocycles. The zero-order chi connectivity index (χ0) is 19.5. The third-order valence-electron chi connectivity index (χ3n) is 4.39. The largest absolute Gasteiger partial charge is 0.458 e. The van der Waals surface area contributed by atoms with Gasteiger partial charge < -0.3 is 9.15 Å². The van der Waals surface area contributed by atoms with Crippen molar-refractivity contribution in [2.24, 2.45) is 0 Å². The zero-order valence-corrected chi connectivity index (χ0v) is 15.5. The van der Waals surface area contributed by atoms with Crippen LogP contribution in [-0.4, -0.2) is 5.97 Å². The summed E-state index contributed by atoms with van der Waals surface area (Å²) in [4.78, 5) is 24.0. The normalized spacial score (nSPS) is 11.3. The van der Waals surface area contributed by atoms with Crippen molar-refractivity contribution < 1.29 is 13.9 Å². The van der Waals surface area contributed by atoms with Gasteiger partial charge in [-0.1, -0.05) is 60.1 Å². The van der Waals surface area contributed by atoms with Gasteiger partial charge in [0.2, 0.25) is 0 Å². The Morgan fingerprint density at radius 1 is 1.04 bits per heavy atom. The number of hydrogen-bond donors (Lipinski definition) is 0. The van der Waals surface area contributed by atoms with E-state index in [1.165, 1.54) is 12.1 Å². The Morgan fingerprint density at radius 2 is 1.82 bits per heavy atom. The molecule has 1 heterocycles. The van der Waals surface area contributed by atoms with E-state index in [4.69, 9.17) is 20.8 Å². The lowest BCUT2D eigenvalue weighted by Gasteiger charge is -2.09. The SMILES string of the molecule is O=C(/C=C/c1ccccc1Cl)OCc1cc(=O)oc2ccc3ccccc3c12. The molecule has 28 heavy (non-hydrogen) atoms. The molecule has 138 valence electrons. The highest BCUT2D eigenvalue weighted by Crippen LogP contribution is 2.27. The van der Waals surface area contributed by atoms with Crippen LogP contribution in [-0.2, 0) is 16.1 Å². The van der Waals surface area contributed by atoms with Gasteiger partial charge in [-0.2, -0.15) is 0 Å². The third-order valence-corrected chi connectivity index (χ3v) is 4.73. The molecule has 5 heteroatoms. The quantitative estimate of drug-likeness (QED) is 0.204. The number of carbonyl (C=O) groups excluding carboxylic acids is 1. The zero-order valence-electron chi connectivity index (χ0n) is 14.7. The molecule has 0 aliphatic heterocycles. The van der Waals surface area contributed by atoms with Crippen LogP contribution in [0, 0.1) is 0 Å². The highest BCUT2D eigenvalue weighted by molar-refractivity contribution is 6.32. The summed E-state index contributed by atoms with van der Waals surface area (Å²) in [6, 6.07) is 20.0. The fourth-order valence-corrected chi connectivity index (χ4v) is 3.30. The summed E-state index contributed by atoms with van der Waals surface area (Å²) < 4.78 is 10.7. The minimum Gasteiger partial charge on any atom is -0.458 e. The number of ether oxygens (including phenoxy) is 1. The molecule has 0 radical (unpaired) electrons. The predicted molar refractivity (Wildman–Crippen MR) is 110 cm³/mol. The molecule has 0 atom stereocenters. The summed E-state index contributed by atoms with van der Waals surface area (Å²) in [5.74, 6) is -0.526. The van der Waals surface area contributed by atoms with Crippen LogP contribution in [0.1, 0.15) is 11.1 Å². The molecule has 4 nitrogen and oxygen atoms in total. The summed E-state index contributed by atoms with van der Waals surface area (Å²) in [5.41, 5.74) is 1.30. The molecule has 0 bridgehead atoms. The number of esters is 1. The van der Waals surface area contributed by atoms with Gasteiger partial charge >= 0.3 is 11.6 Å². The van der Waals surface area contributed by atoms with Crippen LogP contribution >= 0.6 is 11.6 Å². The van der Waals surface area contributed by atoms with Crippen molar-refractivity contribution in [3.05, 3.63) is 99.4 Å². The number of hydrogen-bond acceptors (Lipinski definition) is 4. The molecule has 0 aliphatic rings. The first-order chi connectivity index (χ1) is 13.6. The number of benzene rings is 3. The maximum atomic E-state index is 12.1. The number of rotatable bonds is 4. The maximum Gasteiger partial charge on any atom is 0.336 e. The van der Waals surface area contributed by atoms with Crippen LogP contribution in [0.5, 0.6) is 0 Å². The summed E-state index contributed by atoms with van der Waals surface area (Å²) in [6.07, 6.45) is 2.91. The van der Waals surface area contributed by atoms with Gasteiger partial charge in [-0.3, -0.25) is 0 Å². The minimum absolute atomic E-state index is 0.0399. The average Bonchev–Trinajstić information content (AvgIpc) is 2.71. The molecular formula is C23H15ClO4. The number of fused-ring (bicyclic) bond motifs is 3. The Labute approximate surface area is 165 Å². The lowest BCUT2D eigenvalue weighted by atomic mass is 10.0. The van der Waals surface area contributed by atoms with E-state index in [9.17, 15) is 9.59 Å². The lowest BCUT2D eigenvalue weighted by Crippen LogP contribution is -2.06. The van der Waals surface area contributed by atoms with Crippen LogP contribution in [0.15, 0.2) is 82.0 Å². The van der Waals surface area contributed by atoms with Gasteiger partial charge in [0, 0.05) is 28.1 Å². The predicted octanol–water partition coefficient (Wildman–Crippen LogP) is 5.36. The Hall–Kier alpha value is -3.37. The standard InChI is InChI=1S/C23H15ClO4/c24-19-8-4-2-6-16(19)10-12-21(25)27-14-17-13-22(26)28-20-11-9-15-5-1-3-7-18(15)23(17)20/h1-13H,14H2/b12-10+. The second kappa shape index (κ2) is 7.71. The molecule has 0 amide bonds. The highest BCUT2D eigenvalue weighted by atomic mass is 35.5. The number of carbonyl (C=O) groups is 1. The Bertz CT molecular complexity index is 1270. The molecule has 0 unspecified atom stereocenters. The molecule has 4 aromatic rings. The molecule has 0 fully saturated rings. The minimum atomic E-state index is -0.526. The summed E-state index contributed by atoms with van der Waals surface area (Å²) in [7, 11) is 0. The molecule has 3 aromatic carbocycles. The third kappa shape index (κ3) is 3.68. The first-order valence-electron chi connectivity index (χ1n) is 8.66. The van der Waals surface area contributed by atoms with E-state index in [0.717, 1.165) is 21.7 Å². The van der Waals surface area contributed by atoms with E-state index in [1.807, 2.05) is 42.5 Å². The van der Waals surface area contributed by atoms with Crippen LogP contribution in [0.25, 0.3) is 27.8 Å². The first kappa shape index (κ1) is 18.0. The van der Waals surface area contributed by atoms with Gasteiger partial charge in [0.25, 0.3) is 0 Å². The second-order valence-electron chi connectivity index (χ2n) is 6.21. The van der Waals surface area contributed by atoms with Crippen LogP contribution in [0.2, 0.25) is 5.02 Å². The molecule has 0 N–H and O–H groups in total. The van der Waals surface area contributed by atoms with Crippen molar-refractivity contribution in [3.8, 4) is 0 Å². The summed E-state index contributed by atoms with van der Waals surface area (Å²) in [6.45, 7) is -0.0399. The molecule has 4 rings (SSSR count). The van der Waals surface area contributed by atoms with Crippen LogP contribution in [0.4, 0.5) is 0 Å². The first-order valence-corrected chi connectivity index (χ1v) is 9.03. The van der Waals surface area contributed by atoms with Gasteiger partial charge in [-0.15, -0.1) is 0 Å². The van der Waals surface area contributed by atoms with Crippen molar-refractivity contribution in [1.29, 1.82) is 0 Å². The van der Waals surface area contributed by atoms with Crippen molar-refractivity contribution in [3.63, 3.8) is 0 Å². The average molecular weight is 391 g/mol.